The van der Waals surface area contributed by atoms with Gasteiger partial charge >= 0.3 is 0 Å². The van der Waals surface area contributed by atoms with E-state index in [9.17, 15) is 10.2 Å². The van der Waals surface area contributed by atoms with Crippen molar-refractivity contribution in [1.29, 1.82) is 0 Å². The molecule has 0 heterocycles. The summed E-state index contributed by atoms with van der Waals surface area (Å²) in [6.45, 7) is 9.51. The summed E-state index contributed by atoms with van der Waals surface area (Å²) in [7, 11) is 0. The number of rotatable bonds is 2. The number of benzene rings is 1. The summed E-state index contributed by atoms with van der Waals surface area (Å²) in [4.78, 5) is 0. The molecule has 126 valence electrons. The summed E-state index contributed by atoms with van der Waals surface area (Å²) < 4.78 is 0. The van der Waals surface area contributed by atoms with Gasteiger partial charge in [-0.25, -0.2) is 0 Å². The third-order valence-corrected chi connectivity index (χ3v) is 7.23. The Hall–Kier alpha value is -1.44. The van der Waals surface area contributed by atoms with E-state index in [1.807, 2.05) is 0 Å². The lowest BCUT2D eigenvalue weighted by Gasteiger charge is -2.58. The summed E-state index contributed by atoms with van der Waals surface area (Å²) in [6, 6.07) is 4.92. The SMILES string of the molecule is CC1=CCCC2[C@](C)(Cc3cc(O)ccc3O)[C@@H](C)CC[C@]12C. The minimum Gasteiger partial charge on any atom is -0.508 e. The van der Waals surface area contributed by atoms with Gasteiger partial charge in [0.25, 0.3) is 0 Å². The van der Waals surface area contributed by atoms with Crippen molar-refractivity contribution in [2.24, 2.45) is 22.7 Å². The van der Waals surface area contributed by atoms with Crippen LogP contribution in [0.3, 0.4) is 0 Å². The van der Waals surface area contributed by atoms with Crippen LogP contribution in [0.5, 0.6) is 11.5 Å². The minimum atomic E-state index is 0.147. The van der Waals surface area contributed by atoms with Gasteiger partial charge in [-0.1, -0.05) is 32.4 Å². The highest BCUT2D eigenvalue weighted by atomic mass is 16.3. The molecule has 0 radical (unpaired) electrons. The molecule has 1 unspecified atom stereocenters. The second-order valence-corrected chi connectivity index (χ2v) is 8.37. The van der Waals surface area contributed by atoms with Crippen LogP contribution in [0.15, 0.2) is 29.8 Å². The van der Waals surface area contributed by atoms with Gasteiger partial charge < -0.3 is 10.2 Å². The molecule has 0 bridgehead atoms. The molecule has 0 aromatic heterocycles. The number of aromatic hydroxyl groups is 2. The number of allylic oxidation sites excluding steroid dienone is 2. The van der Waals surface area contributed by atoms with E-state index < -0.39 is 0 Å². The van der Waals surface area contributed by atoms with Crippen LogP contribution in [-0.4, -0.2) is 10.2 Å². The molecule has 0 amide bonds. The molecule has 1 fully saturated rings. The smallest absolute Gasteiger partial charge is 0.119 e. The van der Waals surface area contributed by atoms with E-state index in [4.69, 9.17) is 0 Å². The summed E-state index contributed by atoms with van der Waals surface area (Å²) in [5.74, 6) is 1.80. The van der Waals surface area contributed by atoms with Gasteiger partial charge in [0.2, 0.25) is 0 Å². The summed E-state index contributed by atoms with van der Waals surface area (Å²) in [5, 5.41) is 20.1. The Kier molecular flexibility index (Phi) is 3.98. The topological polar surface area (TPSA) is 40.5 Å². The Balaban J connectivity index is 2.00. The van der Waals surface area contributed by atoms with E-state index in [-0.39, 0.29) is 16.6 Å². The second-order valence-electron chi connectivity index (χ2n) is 8.37. The van der Waals surface area contributed by atoms with Gasteiger partial charge in [0, 0.05) is 0 Å². The quantitative estimate of drug-likeness (QED) is 0.564. The molecule has 1 saturated carbocycles. The van der Waals surface area contributed by atoms with Crippen LogP contribution in [0, 0.1) is 22.7 Å². The highest BCUT2D eigenvalue weighted by molar-refractivity contribution is 5.39. The van der Waals surface area contributed by atoms with E-state index in [2.05, 4.69) is 33.8 Å². The van der Waals surface area contributed by atoms with Crippen molar-refractivity contribution in [3.63, 3.8) is 0 Å². The fraction of sp³-hybridized carbons (Fsp3) is 0.619. The van der Waals surface area contributed by atoms with Crippen LogP contribution in [0.4, 0.5) is 0 Å². The molecule has 0 spiro atoms. The molecule has 23 heavy (non-hydrogen) atoms. The first-order chi connectivity index (χ1) is 10.8. The zero-order valence-electron chi connectivity index (χ0n) is 14.9. The van der Waals surface area contributed by atoms with E-state index in [0.717, 1.165) is 12.0 Å². The Morgan fingerprint density at radius 2 is 1.91 bits per heavy atom. The van der Waals surface area contributed by atoms with Crippen molar-refractivity contribution in [1.82, 2.24) is 0 Å². The monoisotopic (exact) mass is 314 g/mol. The van der Waals surface area contributed by atoms with E-state index in [1.165, 1.54) is 25.7 Å². The normalized spacial score (nSPS) is 37.1. The lowest BCUT2D eigenvalue weighted by Crippen LogP contribution is -2.50. The van der Waals surface area contributed by atoms with Gasteiger partial charge in [-0.3, -0.25) is 0 Å². The summed E-state index contributed by atoms with van der Waals surface area (Å²) in [6.07, 6.45) is 8.16. The summed E-state index contributed by atoms with van der Waals surface area (Å²) in [5.41, 5.74) is 2.86. The molecular weight excluding hydrogens is 284 g/mol. The zero-order valence-corrected chi connectivity index (χ0v) is 14.9. The average molecular weight is 314 g/mol. The molecule has 2 nitrogen and oxygen atoms in total. The molecule has 1 aromatic carbocycles. The molecule has 3 rings (SSSR count). The highest BCUT2D eigenvalue weighted by Crippen LogP contribution is 2.61. The fourth-order valence-electron chi connectivity index (χ4n) is 5.33. The number of phenolic OH excluding ortho intramolecular Hbond substituents is 2. The van der Waals surface area contributed by atoms with Gasteiger partial charge in [-0.2, -0.15) is 0 Å². The van der Waals surface area contributed by atoms with Gasteiger partial charge in [-0.05, 0) is 85.5 Å². The van der Waals surface area contributed by atoms with Crippen molar-refractivity contribution in [2.75, 3.05) is 0 Å². The number of fused-ring (bicyclic) bond motifs is 1. The number of phenols is 2. The minimum absolute atomic E-state index is 0.147. The van der Waals surface area contributed by atoms with Gasteiger partial charge in [-0.15, -0.1) is 0 Å². The van der Waals surface area contributed by atoms with Crippen LogP contribution >= 0.6 is 0 Å². The van der Waals surface area contributed by atoms with Crippen LogP contribution in [0.2, 0.25) is 0 Å². The molecule has 0 saturated heterocycles. The average Bonchev–Trinajstić information content (AvgIpc) is 2.50. The van der Waals surface area contributed by atoms with E-state index in [1.54, 1.807) is 23.8 Å². The fourth-order valence-corrected chi connectivity index (χ4v) is 5.33. The molecule has 2 aliphatic rings. The lowest BCUT2D eigenvalue weighted by atomic mass is 9.47. The van der Waals surface area contributed by atoms with Crippen molar-refractivity contribution in [3.05, 3.63) is 35.4 Å². The van der Waals surface area contributed by atoms with Gasteiger partial charge in [0.1, 0.15) is 11.5 Å². The summed E-state index contributed by atoms with van der Waals surface area (Å²) >= 11 is 0. The Bertz CT molecular complexity index is 633. The molecule has 2 aliphatic carbocycles. The first kappa shape index (κ1) is 16.4. The van der Waals surface area contributed by atoms with Crippen molar-refractivity contribution >= 4 is 0 Å². The lowest BCUT2D eigenvalue weighted by molar-refractivity contribution is -0.0412. The van der Waals surface area contributed by atoms with Crippen LogP contribution in [0.1, 0.15) is 58.9 Å². The Labute approximate surface area is 140 Å². The molecule has 4 atom stereocenters. The Morgan fingerprint density at radius 1 is 1.17 bits per heavy atom. The highest BCUT2D eigenvalue weighted by Gasteiger charge is 2.53. The maximum Gasteiger partial charge on any atom is 0.119 e. The van der Waals surface area contributed by atoms with Crippen LogP contribution < -0.4 is 0 Å². The third kappa shape index (κ3) is 2.56. The van der Waals surface area contributed by atoms with Crippen LogP contribution in [-0.2, 0) is 6.42 Å². The van der Waals surface area contributed by atoms with Gasteiger partial charge in [0.15, 0.2) is 0 Å². The zero-order chi connectivity index (χ0) is 16.8. The predicted octanol–water partition coefficient (Wildman–Crippen LogP) is 5.44. The van der Waals surface area contributed by atoms with E-state index in [0.29, 0.717) is 17.6 Å². The largest absolute Gasteiger partial charge is 0.508 e. The van der Waals surface area contributed by atoms with Crippen LogP contribution in [0.25, 0.3) is 0 Å². The standard InChI is InChI=1S/C21H30O2/c1-14-6-5-7-19-20(14,3)11-10-15(2)21(19,4)13-16-12-17(22)8-9-18(16)23/h6,8-9,12,15,19,22-23H,5,7,10-11,13H2,1-4H3/t15-,19?,20+,21+/m0/s1. The maximum absolute atomic E-state index is 10.3. The molecule has 0 aliphatic heterocycles. The first-order valence-corrected chi connectivity index (χ1v) is 8.95. The van der Waals surface area contributed by atoms with Crippen molar-refractivity contribution in [3.8, 4) is 11.5 Å². The van der Waals surface area contributed by atoms with E-state index >= 15 is 0 Å². The molecule has 1 aromatic rings. The molecule has 2 heteroatoms. The second kappa shape index (κ2) is 5.58. The third-order valence-electron chi connectivity index (χ3n) is 7.23. The predicted molar refractivity (Wildman–Crippen MR) is 94.6 cm³/mol. The van der Waals surface area contributed by atoms with Crippen molar-refractivity contribution in [2.45, 2.75) is 59.8 Å². The maximum atomic E-state index is 10.3. The number of hydrogen-bond donors (Lipinski definition) is 2. The van der Waals surface area contributed by atoms with Gasteiger partial charge in [0.05, 0.1) is 0 Å². The first-order valence-electron chi connectivity index (χ1n) is 8.95. The molecular formula is C21H30O2. The molecule has 2 N–H and O–H groups in total. The van der Waals surface area contributed by atoms with Crippen molar-refractivity contribution < 1.29 is 10.2 Å². The number of hydrogen-bond acceptors (Lipinski definition) is 2. The Morgan fingerprint density at radius 3 is 2.65 bits per heavy atom.